The third kappa shape index (κ3) is 7.00. The van der Waals surface area contributed by atoms with Gasteiger partial charge in [0.25, 0.3) is 0 Å². The fourth-order valence-electron chi connectivity index (χ4n) is 3.90. The molecule has 0 aromatic heterocycles. The number of benzene rings is 2. The van der Waals surface area contributed by atoms with Gasteiger partial charge in [0.05, 0.1) is 13.0 Å². The highest BCUT2D eigenvalue weighted by Gasteiger charge is 2.23. The first-order chi connectivity index (χ1) is 15.1. The van der Waals surface area contributed by atoms with E-state index in [1.54, 1.807) is 14.2 Å². The molecule has 0 saturated carbocycles. The molecule has 1 heterocycles. The summed E-state index contributed by atoms with van der Waals surface area (Å²) < 4.78 is 5.28. The number of aliphatic imine (C=N–C) groups is 1. The van der Waals surface area contributed by atoms with Gasteiger partial charge in [0.1, 0.15) is 5.75 Å². The predicted molar refractivity (Wildman–Crippen MR) is 124 cm³/mol. The Morgan fingerprint density at radius 1 is 1.13 bits per heavy atom. The second kappa shape index (κ2) is 11.4. The van der Waals surface area contributed by atoms with Crippen molar-refractivity contribution < 1.29 is 9.53 Å². The lowest BCUT2D eigenvalue weighted by Gasteiger charge is -2.31. The third-order valence-corrected chi connectivity index (χ3v) is 5.58. The molecule has 31 heavy (non-hydrogen) atoms. The Balaban J connectivity index is 1.51. The summed E-state index contributed by atoms with van der Waals surface area (Å²) in [6, 6.07) is 16.5. The molecular formula is C24H33N5O2. The van der Waals surface area contributed by atoms with Crippen molar-refractivity contribution in [2.24, 2.45) is 16.6 Å². The first-order valence-corrected chi connectivity index (χ1v) is 10.7. The van der Waals surface area contributed by atoms with Crippen LogP contribution < -0.4 is 21.1 Å². The fourth-order valence-corrected chi connectivity index (χ4v) is 3.90. The summed E-state index contributed by atoms with van der Waals surface area (Å²) in [4.78, 5) is 18.2. The Kier molecular flexibility index (Phi) is 8.29. The maximum absolute atomic E-state index is 11.5. The van der Waals surface area contributed by atoms with Crippen LogP contribution >= 0.6 is 0 Å². The zero-order valence-corrected chi connectivity index (χ0v) is 18.4. The Bertz CT molecular complexity index is 899. The first-order valence-electron chi connectivity index (χ1n) is 10.7. The highest BCUT2D eigenvalue weighted by molar-refractivity contribution is 5.79. The molecule has 7 heteroatoms. The van der Waals surface area contributed by atoms with E-state index in [-0.39, 0.29) is 11.8 Å². The number of nitrogens with one attached hydrogen (secondary N) is 2. The van der Waals surface area contributed by atoms with Gasteiger partial charge in [-0.15, -0.1) is 0 Å². The van der Waals surface area contributed by atoms with Crippen molar-refractivity contribution >= 4 is 11.9 Å². The number of primary amides is 1. The molecular weight excluding hydrogens is 390 g/mol. The summed E-state index contributed by atoms with van der Waals surface area (Å²) in [5.74, 6) is 1.37. The van der Waals surface area contributed by atoms with Crippen molar-refractivity contribution in [1.29, 1.82) is 0 Å². The molecule has 0 radical (unpaired) electrons. The van der Waals surface area contributed by atoms with Crippen molar-refractivity contribution in [3.8, 4) is 5.75 Å². The Morgan fingerprint density at radius 2 is 1.81 bits per heavy atom. The molecule has 3 rings (SSSR count). The number of hydrogen-bond donors (Lipinski definition) is 3. The molecule has 1 unspecified atom stereocenters. The normalized spacial score (nSPS) is 17.2. The van der Waals surface area contributed by atoms with E-state index in [0.29, 0.717) is 13.1 Å². The smallest absolute Gasteiger partial charge is 0.221 e. The highest BCUT2D eigenvalue weighted by Crippen LogP contribution is 2.19. The van der Waals surface area contributed by atoms with Crippen LogP contribution in [0.25, 0.3) is 0 Å². The Hall–Kier alpha value is -3.06. The number of hydrogen-bond acceptors (Lipinski definition) is 4. The minimum Gasteiger partial charge on any atom is -0.497 e. The monoisotopic (exact) mass is 423 g/mol. The molecule has 0 aliphatic carbocycles. The quantitative estimate of drug-likeness (QED) is 0.447. The van der Waals surface area contributed by atoms with Crippen LogP contribution in [0.3, 0.4) is 0 Å². The van der Waals surface area contributed by atoms with Crippen molar-refractivity contribution in [2.75, 3.05) is 27.2 Å². The molecule has 166 valence electrons. The third-order valence-electron chi connectivity index (χ3n) is 5.58. The zero-order chi connectivity index (χ0) is 22.1. The van der Waals surface area contributed by atoms with Crippen molar-refractivity contribution in [3.63, 3.8) is 0 Å². The largest absolute Gasteiger partial charge is 0.497 e. The van der Waals surface area contributed by atoms with E-state index in [4.69, 9.17) is 10.5 Å². The van der Waals surface area contributed by atoms with E-state index >= 15 is 0 Å². The van der Waals surface area contributed by atoms with Crippen LogP contribution in [0.1, 0.15) is 29.5 Å². The SMILES string of the molecule is CN=C(NCc1cccc(CN2CCCC(C(N)=O)C2)c1)NCc1cccc(OC)c1. The van der Waals surface area contributed by atoms with Gasteiger partial charge in [0.2, 0.25) is 5.91 Å². The average molecular weight is 424 g/mol. The number of ether oxygens (including phenoxy) is 1. The highest BCUT2D eigenvalue weighted by atomic mass is 16.5. The van der Waals surface area contributed by atoms with Crippen LogP contribution in [0.15, 0.2) is 53.5 Å². The number of rotatable bonds is 8. The van der Waals surface area contributed by atoms with Gasteiger partial charge in [-0.25, -0.2) is 0 Å². The van der Waals surface area contributed by atoms with E-state index in [1.807, 2.05) is 18.2 Å². The molecule has 4 N–H and O–H groups in total. The molecule has 7 nitrogen and oxygen atoms in total. The van der Waals surface area contributed by atoms with Crippen LogP contribution in [0.5, 0.6) is 5.75 Å². The summed E-state index contributed by atoms with van der Waals surface area (Å²) in [6.07, 6.45) is 1.92. The topological polar surface area (TPSA) is 92.0 Å². The Labute approximate surface area is 184 Å². The molecule has 0 spiro atoms. The van der Waals surface area contributed by atoms with Gasteiger partial charge in [-0.2, -0.15) is 0 Å². The number of amides is 1. The lowest BCUT2D eigenvalue weighted by atomic mass is 9.97. The average Bonchev–Trinajstić information content (AvgIpc) is 2.80. The number of guanidine groups is 1. The van der Waals surface area contributed by atoms with Crippen LogP contribution in [0.2, 0.25) is 0 Å². The zero-order valence-electron chi connectivity index (χ0n) is 18.4. The number of piperidine rings is 1. The lowest BCUT2D eigenvalue weighted by molar-refractivity contribution is -0.123. The molecule has 1 fully saturated rings. The number of carbonyl (C=O) groups is 1. The maximum atomic E-state index is 11.5. The molecule has 1 atom stereocenters. The van der Waals surface area contributed by atoms with E-state index in [9.17, 15) is 4.79 Å². The number of nitrogens with two attached hydrogens (primary N) is 1. The van der Waals surface area contributed by atoms with E-state index in [2.05, 4.69) is 50.9 Å². The van der Waals surface area contributed by atoms with Crippen molar-refractivity contribution in [3.05, 3.63) is 65.2 Å². The number of likely N-dealkylation sites (tertiary alicyclic amines) is 1. The maximum Gasteiger partial charge on any atom is 0.221 e. The summed E-state index contributed by atoms with van der Waals surface area (Å²) in [5, 5.41) is 6.70. The second-order valence-corrected chi connectivity index (χ2v) is 7.93. The molecule has 1 aliphatic rings. The minimum absolute atomic E-state index is 0.0300. The van der Waals surface area contributed by atoms with Gasteiger partial charge >= 0.3 is 0 Å². The predicted octanol–water partition coefficient (Wildman–Crippen LogP) is 2.26. The van der Waals surface area contributed by atoms with Gasteiger partial charge < -0.3 is 21.1 Å². The molecule has 1 aliphatic heterocycles. The number of methoxy groups -OCH3 is 1. The Morgan fingerprint density at radius 3 is 2.48 bits per heavy atom. The van der Waals surface area contributed by atoms with Crippen molar-refractivity contribution in [2.45, 2.75) is 32.5 Å². The van der Waals surface area contributed by atoms with Crippen LogP contribution in [0, 0.1) is 5.92 Å². The van der Waals surface area contributed by atoms with Crippen molar-refractivity contribution in [1.82, 2.24) is 15.5 Å². The molecule has 0 bridgehead atoms. The van der Waals surface area contributed by atoms with Gasteiger partial charge in [-0.1, -0.05) is 36.4 Å². The van der Waals surface area contributed by atoms with Crippen LogP contribution in [-0.4, -0.2) is 44.0 Å². The summed E-state index contributed by atoms with van der Waals surface area (Å²) in [7, 11) is 3.44. The fraction of sp³-hybridized carbons (Fsp3) is 0.417. The molecule has 2 aromatic rings. The van der Waals surface area contributed by atoms with Gasteiger partial charge in [-0.05, 0) is 48.2 Å². The van der Waals surface area contributed by atoms with Gasteiger partial charge in [-0.3, -0.25) is 14.7 Å². The number of carbonyl (C=O) groups excluding carboxylic acids is 1. The molecule has 2 aromatic carbocycles. The van der Waals surface area contributed by atoms with Gasteiger partial charge in [0, 0.05) is 33.2 Å². The van der Waals surface area contributed by atoms with Gasteiger partial charge in [0.15, 0.2) is 5.96 Å². The summed E-state index contributed by atoms with van der Waals surface area (Å²) in [6.45, 7) is 3.93. The first kappa shape index (κ1) is 22.6. The minimum atomic E-state index is -0.185. The standard InChI is InChI=1S/C24H33N5O2/c1-26-24(28-15-19-7-4-10-22(13-19)31-2)27-14-18-6-3-8-20(12-18)16-29-11-5-9-21(17-29)23(25)30/h3-4,6-8,10,12-13,21H,5,9,11,14-17H2,1-2H3,(H2,25,30)(H2,26,27,28). The molecule has 1 saturated heterocycles. The number of nitrogens with zero attached hydrogens (tertiary/aromatic N) is 2. The van der Waals surface area contributed by atoms with E-state index in [0.717, 1.165) is 49.7 Å². The lowest BCUT2D eigenvalue weighted by Crippen LogP contribution is -2.40. The summed E-state index contributed by atoms with van der Waals surface area (Å²) in [5.41, 5.74) is 9.06. The van der Waals surface area contributed by atoms with E-state index in [1.165, 1.54) is 11.1 Å². The van der Waals surface area contributed by atoms with Crippen LogP contribution in [0.4, 0.5) is 0 Å². The van der Waals surface area contributed by atoms with Crippen LogP contribution in [-0.2, 0) is 24.4 Å². The summed E-state index contributed by atoms with van der Waals surface area (Å²) >= 11 is 0. The second-order valence-electron chi connectivity index (χ2n) is 7.93. The molecule has 1 amide bonds. The van der Waals surface area contributed by atoms with E-state index < -0.39 is 0 Å².